The molecule has 1 saturated carbocycles. The average Bonchev–Trinajstić information content (AvgIpc) is 3.62. The first-order valence-corrected chi connectivity index (χ1v) is 24.9. The van der Waals surface area contributed by atoms with E-state index in [0.29, 0.717) is 0 Å². The van der Waals surface area contributed by atoms with E-state index in [-0.39, 0.29) is 11.0 Å². The van der Waals surface area contributed by atoms with Crippen LogP contribution in [0.1, 0.15) is 45.1 Å². The van der Waals surface area contributed by atoms with E-state index in [0.717, 1.165) is 0 Å². The quantitative estimate of drug-likeness (QED) is 0.150. The van der Waals surface area contributed by atoms with Crippen LogP contribution in [0.15, 0.2) is 224 Å². The summed E-state index contributed by atoms with van der Waals surface area (Å²) in [5.74, 6) is 0. The Morgan fingerprint density at radius 3 is 1.39 bits per heavy atom. The van der Waals surface area contributed by atoms with Crippen molar-refractivity contribution in [2.75, 3.05) is 4.90 Å². The van der Waals surface area contributed by atoms with Crippen molar-refractivity contribution in [3.63, 3.8) is 0 Å². The molecule has 328 valence electrons. The smallest absolute Gasteiger partial charge is 0.0517 e. The highest BCUT2D eigenvalue weighted by Crippen LogP contribution is 2.61. The third-order valence-electron chi connectivity index (χ3n) is 16.8. The lowest BCUT2D eigenvalue weighted by molar-refractivity contribution is 0.195. The van der Waals surface area contributed by atoms with Crippen molar-refractivity contribution in [3.05, 3.63) is 230 Å². The lowest BCUT2D eigenvalue weighted by atomic mass is 9.61. The van der Waals surface area contributed by atoms with Crippen molar-refractivity contribution in [3.8, 4) is 55.6 Å². The molecule has 0 amide bonds. The lowest BCUT2D eigenvalue weighted by Crippen LogP contribution is -2.54. The summed E-state index contributed by atoms with van der Waals surface area (Å²) in [6.45, 7) is 5.06. The summed E-state index contributed by atoms with van der Waals surface area (Å²) >= 11 is 0. The van der Waals surface area contributed by atoms with Crippen LogP contribution >= 0.6 is 0 Å². The van der Waals surface area contributed by atoms with Crippen molar-refractivity contribution in [2.24, 2.45) is 0 Å². The second-order valence-electron chi connectivity index (χ2n) is 20.2. The van der Waals surface area contributed by atoms with Crippen LogP contribution < -0.4 is 4.90 Å². The second kappa shape index (κ2) is 15.3. The van der Waals surface area contributed by atoms with E-state index in [1.54, 1.807) is 0 Å². The van der Waals surface area contributed by atoms with Gasteiger partial charge in [-0.05, 0) is 171 Å². The Morgan fingerprint density at radius 1 is 0.333 bits per heavy atom. The Morgan fingerprint density at radius 2 is 0.797 bits per heavy atom. The van der Waals surface area contributed by atoms with E-state index in [2.05, 4.69) is 243 Å². The Hall–Kier alpha value is -8.00. The van der Waals surface area contributed by atoms with Crippen LogP contribution in [-0.4, -0.2) is 5.54 Å². The van der Waals surface area contributed by atoms with Crippen molar-refractivity contribution in [2.45, 2.75) is 50.5 Å². The maximum atomic E-state index is 2.67. The van der Waals surface area contributed by atoms with Crippen LogP contribution in [0.25, 0.3) is 109 Å². The molecule has 0 aromatic heterocycles. The molecular weight excluding hydrogens is 831 g/mol. The Kier molecular flexibility index (Phi) is 8.87. The predicted molar refractivity (Wildman–Crippen MR) is 295 cm³/mol. The van der Waals surface area contributed by atoms with Gasteiger partial charge in [0.2, 0.25) is 0 Å². The van der Waals surface area contributed by atoms with Gasteiger partial charge in [0, 0.05) is 16.8 Å². The van der Waals surface area contributed by atoms with Gasteiger partial charge in [-0.1, -0.05) is 208 Å². The van der Waals surface area contributed by atoms with Crippen LogP contribution in [0.2, 0.25) is 0 Å². The van der Waals surface area contributed by atoms with Gasteiger partial charge in [0.25, 0.3) is 0 Å². The molecule has 2 aliphatic rings. The molecule has 2 unspecified atom stereocenters. The number of fused-ring (bicyclic) bond motifs is 5. The van der Waals surface area contributed by atoms with Gasteiger partial charge in [0.1, 0.15) is 0 Å². The highest BCUT2D eigenvalue weighted by molar-refractivity contribution is 6.32. The normalized spacial score (nSPS) is 17.9. The van der Waals surface area contributed by atoms with Crippen LogP contribution in [0.4, 0.5) is 11.4 Å². The molecule has 0 spiro atoms. The minimum absolute atomic E-state index is 0.0196. The number of anilines is 2. The number of para-hydroxylation sites is 1. The fourth-order valence-electron chi connectivity index (χ4n) is 13.2. The zero-order chi connectivity index (χ0) is 45.8. The van der Waals surface area contributed by atoms with E-state index < -0.39 is 0 Å². The summed E-state index contributed by atoms with van der Waals surface area (Å²) in [4.78, 5) is 2.67. The minimum Gasteiger partial charge on any atom is -0.334 e. The van der Waals surface area contributed by atoms with Gasteiger partial charge < -0.3 is 4.90 Å². The standard InChI is InChI=1S/C68H51N/c1-67-39-13-14-40-68(67,2)69(50-23-7-4-8-24-50)64-38-33-49(41-63(64)67)44-29-31-48(32-30-44)60-43-62(54-28-16-22-46-20-10-12-26-52(46)54)58-36-34-55-59(47-17-5-3-6-18-47)42-61(57-37-35-56(60)66(58)65(55)57)53-27-15-21-45-19-9-11-25-51(45)53/h3-12,15-38,41-43H,13-14,39-40H2,1-2H3. The van der Waals surface area contributed by atoms with E-state index in [1.807, 2.05) is 0 Å². The minimum atomic E-state index is 0.0196. The molecule has 0 radical (unpaired) electrons. The molecule has 2 atom stereocenters. The van der Waals surface area contributed by atoms with E-state index in [9.17, 15) is 0 Å². The molecule has 1 aliphatic heterocycles. The highest BCUT2D eigenvalue weighted by Gasteiger charge is 2.57. The number of hydrogen-bond acceptors (Lipinski definition) is 1. The van der Waals surface area contributed by atoms with Gasteiger partial charge in [0.05, 0.1) is 5.54 Å². The summed E-state index contributed by atoms with van der Waals surface area (Å²) in [5, 5.41) is 12.8. The Balaban J connectivity index is 0.998. The number of rotatable bonds is 6. The van der Waals surface area contributed by atoms with Crippen molar-refractivity contribution in [1.82, 2.24) is 0 Å². The monoisotopic (exact) mass is 881 g/mol. The number of benzene rings is 12. The van der Waals surface area contributed by atoms with Gasteiger partial charge in [-0.2, -0.15) is 0 Å². The maximum absolute atomic E-state index is 2.67. The largest absolute Gasteiger partial charge is 0.334 e. The van der Waals surface area contributed by atoms with Gasteiger partial charge in [-0.3, -0.25) is 0 Å². The first kappa shape index (κ1) is 40.1. The molecule has 0 N–H and O–H groups in total. The molecule has 12 aromatic carbocycles. The van der Waals surface area contributed by atoms with Gasteiger partial charge >= 0.3 is 0 Å². The molecule has 69 heavy (non-hydrogen) atoms. The lowest BCUT2D eigenvalue weighted by Gasteiger charge is -2.50. The van der Waals surface area contributed by atoms with Gasteiger partial charge in [0.15, 0.2) is 0 Å². The van der Waals surface area contributed by atoms with Crippen molar-refractivity contribution < 1.29 is 0 Å². The maximum Gasteiger partial charge on any atom is 0.0517 e. The van der Waals surface area contributed by atoms with E-state index in [4.69, 9.17) is 0 Å². The third kappa shape index (κ3) is 5.90. The van der Waals surface area contributed by atoms with Crippen LogP contribution in [0.3, 0.4) is 0 Å². The van der Waals surface area contributed by atoms with Crippen molar-refractivity contribution in [1.29, 1.82) is 0 Å². The van der Waals surface area contributed by atoms with Crippen LogP contribution in [0, 0.1) is 0 Å². The first-order valence-electron chi connectivity index (χ1n) is 24.9. The fraction of sp³-hybridized carbons (Fsp3) is 0.118. The molecular formula is C68H51N. The van der Waals surface area contributed by atoms with Gasteiger partial charge in [-0.25, -0.2) is 0 Å². The fourth-order valence-corrected chi connectivity index (χ4v) is 13.2. The zero-order valence-corrected chi connectivity index (χ0v) is 39.1. The summed E-state index contributed by atoms with van der Waals surface area (Å²) < 4.78 is 0. The highest BCUT2D eigenvalue weighted by atomic mass is 15.3. The van der Waals surface area contributed by atoms with Crippen LogP contribution in [-0.2, 0) is 5.41 Å². The van der Waals surface area contributed by atoms with Gasteiger partial charge in [-0.15, -0.1) is 0 Å². The van der Waals surface area contributed by atoms with E-state index in [1.165, 1.54) is 152 Å². The number of nitrogens with zero attached hydrogens (tertiary/aromatic N) is 1. The molecule has 12 aromatic rings. The Bertz CT molecular complexity index is 3970. The molecule has 1 aliphatic carbocycles. The van der Waals surface area contributed by atoms with E-state index >= 15 is 0 Å². The molecule has 1 heteroatoms. The Labute approximate surface area is 404 Å². The molecule has 1 heterocycles. The topological polar surface area (TPSA) is 3.24 Å². The molecule has 14 rings (SSSR count). The summed E-state index contributed by atoms with van der Waals surface area (Å²) in [7, 11) is 0. The molecule has 0 saturated heterocycles. The summed E-state index contributed by atoms with van der Waals surface area (Å²) in [5.41, 5.74) is 16.7. The second-order valence-corrected chi connectivity index (χ2v) is 20.2. The van der Waals surface area contributed by atoms with Crippen molar-refractivity contribution >= 4 is 65.2 Å². The zero-order valence-electron chi connectivity index (χ0n) is 39.1. The van der Waals surface area contributed by atoms with Crippen LogP contribution in [0.5, 0.6) is 0 Å². The SMILES string of the molecule is CC12CCCCC1(C)N(c1ccccc1)c1ccc(-c3ccc(-c4cc(-c5cccc6ccccc56)c5ccc6c(-c7ccccc7)cc(-c7cccc8ccccc78)c7ccc4c5c67)cc3)cc12. The molecule has 1 fully saturated rings. The predicted octanol–water partition coefficient (Wildman–Crippen LogP) is 19.0. The molecule has 1 nitrogen and oxygen atoms in total. The molecule has 0 bridgehead atoms. The number of hydrogen-bond donors (Lipinski definition) is 0. The average molecular weight is 882 g/mol. The summed E-state index contributed by atoms with van der Waals surface area (Å²) in [6, 6.07) is 84.7. The third-order valence-corrected chi connectivity index (χ3v) is 16.8. The summed E-state index contributed by atoms with van der Waals surface area (Å²) in [6.07, 6.45) is 4.93. The first-order chi connectivity index (χ1) is 34.0.